The Kier molecular flexibility index (Phi) is 6.85. The highest BCUT2D eigenvalue weighted by molar-refractivity contribution is 5.86. The van der Waals surface area contributed by atoms with Crippen LogP contribution in [0.4, 0.5) is 0 Å². The third-order valence-corrected chi connectivity index (χ3v) is 2.28. The third-order valence-electron chi connectivity index (χ3n) is 2.28. The normalized spacial score (nSPS) is 10.3. The monoisotopic (exact) mass is 247 g/mol. The van der Waals surface area contributed by atoms with Crippen LogP contribution in [0.15, 0.2) is 22.8 Å². The second-order valence-electron chi connectivity index (χ2n) is 3.69. The van der Waals surface area contributed by atoms with Crippen molar-refractivity contribution in [3.8, 4) is 0 Å². The van der Waals surface area contributed by atoms with Gasteiger partial charge >= 0.3 is 5.97 Å². The first-order valence-electron chi connectivity index (χ1n) is 5.02. The zero-order chi connectivity index (χ0) is 11.3. The van der Waals surface area contributed by atoms with Crippen LogP contribution in [0.25, 0.3) is 0 Å². The minimum absolute atomic E-state index is 0. The number of nitrogens with zero attached hydrogens (tertiary/aromatic N) is 1. The van der Waals surface area contributed by atoms with E-state index in [0.29, 0.717) is 12.6 Å². The number of furan rings is 1. The lowest BCUT2D eigenvalue weighted by atomic mass is 10.3. The average Bonchev–Trinajstić information content (AvgIpc) is 2.70. The standard InChI is InChI=1S/C11H17NO3.ClH/c1-9(2)12(3)6-8-15-11(13)10-5-4-7-14-10;/h4-5,7,9H,6,8H2,1-3H3;1H. The predicted molar refractivity (Wildman–Crippen MR) is 64.0 cm³/mol. The van der Waals surface area contributed by atoms with Crippen LogP contribution in [0.5, 0.6) is 0 Å². The van der Waals surface area contributed by atoms with E-state index in [2.05, 4.69) is 18.7 Å². The van der Waals surface area contributed by atoms with Gasteiger partial charge < -0.3 is 14.1 Å². The van der Waals surface area contributed by atoms with Gasteiger partial charge in [-0.1, -0.05) is 0 Å². The molecule has 1 rings (SSSR count). The molecule has 4 nitrogen and oxygen atoms in total. The SMILES string of the molecule is CC(C)N(C)CCOC(=O)c1ccco1.Cl. The Hall–Kier alpha value is -1.00. The minimum atomic E-state index is -0.405. The number of esters is 1. The highest BCUT2D eigenvalue weighted by Gasteiger charge is 2.10. The van der Waals surface area contributed by atoms with Crippen molar-refractivity contribution in [3.05, 3.63) is 24.2 Å². The molecule has 0 aliphatic heterocycles. The van der Waals surface area contributed by atoms with Gasteiger partial charge in [-0.15, -0.1) is 12.4 Å². The van der Waals surface area contributed by atoms with Gasteiger partial charge in [-0.2, -0.15) is 0 Å². The van der Waals surface area contributed by atoms with E-state index in [1.54, 1.807) is 12.1 Å². The van der Waals surface area contributed by atoms with E-state index in [-0.39, 0.29) is 18.2 Å². The van der Waals surface area contributed by atoms with E-state index in [9.17, 15) is 4.79 Å². The lowest BCUT2D eigenvalue weighted by molar-refractivity contribution is 0.0425. The van der Waals surface area contributed by atoms with Crippen LogP contribution in [0.3, 0.4) is 0 Å². The Bertz CT molecular complexity index is 298. The summed E-state index contributed by atoms with van der Waals surface area (Å²) in [5.41, 5.74) is 0. The first kappa shape index (κ1) is 15.0. The first-order valence-corrected chi connectivity index (χ1v) is 5.02. The Morgan fingerprint density at radius 2 is 2.25 bits per heavy atom. The van der Waals surface area contributed by atoms with Crippen molar-refractivity contribution >= 4 is 18.4 Å². The molecule has 16 heavy (non-hydrogen) atoms. The van der Waals surface area contributed by atoms with Gasteiger partial charge in [0.05, 0.1) is 6.26 Å². The number of likely N-dealkylation sites (N-methyl/N-ethyl adjacent to an activating group) is 1. The van der Waals surface area contributed by atoms with Gasteiger partial charge in [0.25, 0.3) is 0 Å². The molecular formula is C11H18ClNO3. The molecule has 1 aromatic heterocycles. The van der Waals surface area contributed by atoms with E-state index in [0.717, 1.165) is 6.54 Å². The maximum atomic E-state index is 11.3. The maximum Gasteiger partial charge on any atom is 0.374 e. The molecule has 0 bridgehead atoms. The van der Waals surface area contributed by atoms with Gasteiger partial charge in [-0.05, 0) is 33.0 Å². The maximum absolute atomic E-state index is 11.3. The van der Waals surface area contributed by atoms with E-state index < -0.39 is 5.97 Å². The highest BCUT2D eigenvalue weighted by atomic mass is 35.5. The Balaban J connectivity index is 0.00000225. The second kappa shape index (κ2) is 7.30. The number of carbonyl (C=O) groups is 1. The van der Waals surface area contributed by atoms with E-state index in [4.69, 9.17) is 9.15 Å². The average molecular weight is 248 g/mol. The first-order chi connectivity index (χ1) is 7.11. The summed E-state index contributed by atoms with van der Waals surface area (Å²) in [6.07, 6.45) is 1.46. The van der Waals surface area contributed by atoms with Crippen LogP contribution in [0.2, 0.25) is 0 Å². The van der Waals surface area contributed by atoms with Crippen molar-refractivity contribution in [2.24, 2.45) is 0 Å². The number of hydrogen-bond donors (Lipinski definition) is 0. The molecule has 0 aromatic carbocycles. The number of rotatable bonds is 5. The van der Waals surface area contributed by atoms with Crippen molar-refractivity contribution in [2.45, 2.75) is 19.9 Å². The molecule has 92 valence electrons. The Labute approximate surface area is 102 Å². The van der Waals surface area contributed by atoms with Gasteiger partial charge in [0.15, 0.2) is 0 Å². The van der Waals surface area contributed by atoms with Gasteiger partial charge in [-0.25, -0.2) is 4.79 Å². The Morgan fingerprint density at radius 3 is 2.75 bits per heavy atom. The van der Waals surface area contributed by atoms with Gasteiger partial charge in [-0.3, -0.25) is 0 Å². The van der Waals surface area contributed by atoms with Crippen LogP contribution in [0.1, 0.15) is 24.4 Å². The summed E-state index contributed by atoms with van der Waals surface area (Å²) in [6.45, 7) is 5.29. The van der Waals surface area contributed by atoms with Crippen molar-refractivity contribution in [2.75, 3.05) is 20.2 Å². The van der Waals surface area contributed by atoms with E-state index in [1.807, 2.05) is 7.05 Å². The minimum Gasteiger partial charge on any atom is -0.458 e. The van der Waals surface area contributed by atoms with Gasteiger partial charge in [0.2, 0.25) is 5.76 Å². The fourth-order valence-electron chi connectivity index (χ4n) is 1.01. The molecule has 0 saturated carbocycles. The molecule has 0 aliphatic carbocycles. The summed E-state index contributed by atoms with van der Waals surface area (Å²) in [4.78, 5) is 13.4. The van der Waals surface area contributed by atoms with Crippen LogP contribution in [-0.4, -0.2) is 37.1 Å². The summed E-state index contributed by atoms with van der Waals surface area (Å²) >= 11 is 0. The van der Waals surface area contributed by atoms with Crippen molar-refractivity contribution in [1.29, 1.82) is 0 Å². The molecule has 0 radical (unpaired) electrons. The summed E-state index contributed by atoms with van der Waals surface area (Å²) in [5, 5.41) is 0. The molecule has 5 heteroatoms. The number of hydrogen-bond acceptors (Lipinski definition) is 4. The topological polar surface area (TPSA) is 42.7 Å². The summed E-state index contributed by atoms with van der Waals surface area (Å²) in [5.74, 6) is -0.153. The van der Waals surface area contributed by atoms with Crippen LogP contribution in [0, 0.1) is 0 Å². The number of ether oxygens (including phenoxy) is 1. The van der Waals surface area contributed by atoms with Gasteiger partial charge in [0.1, 0.15) is 6.61 Å². The summed E-state index contributed by atoms with van der Waals surface area (Å²) in [6, 6.07) is 3.71. The van der Waals surface area contributed by atoms with Crippen LogP contribution in [-0.2, 0) is 4.74 Å². The molecule has 1 aromatic rings. The van der Waals surface area contributed by atoms with Gasteiger partial charge in [0, 0.05) is 12.6 Å². The highest BCUT2D eigenvalue weighted by Crippen LogP contribution is 2.02. The molecule has 1 heterocycles. The fourth-order valence-corrected chi connectivity index (χ4v) is 1.01. The zero-order valence-electron chi connectivity index (χ0n) is 9.80. The summed E-state index contributed by atoms with van der Waals surface area (Å²) in [7, 11) is 1.99. The van der Waals surface area contributed by atoms with Crippen LogP contribution < -0.4 is 0 Å². The van der Waals surface area contributed by atoms with Crippen molar-refractivity contribution in [1.82, 2.24) is 4.90 Å². The number of carbonyl (C=O) groups excluding carboxylic acids is 1. The molecule has 0 atom stereocenters. The molecule has 0 spiro atoms. The molecule has 0 unspecified atom stereocenters. The molecule has 0 amide bonds. The molecule has 0 N–H and O–H groups in total. The van der Waals surface area contributed by atoms with Crippen LogP contribution >= 0.6 is 12.4 Å². The lowest BCUT2D eigenvalue weighted by Gasteiger charge is -2.20. The predicted octanol–water partition coefficient (Wildman–Crippen LogP) is 2.20. The Morgan fingerprint density at radius 1 is 1.56 bits per heavy atom. The molecular weight excluding hydrogens is 230 g/mol. The fraction of sp³-hybridized carbons (Fsp3) is 0.545. The lowest BCUT2D eigenvalue weighted by Crippen LogP contribution is -2.30. The van der Waals surface area contributed by atoms with Crippen molar-refractivity contribution < 1.29 is 13.9 Å². The zero-order valence-corrected chi connectivity index (χ0v) is 10.6. The summed E-state index contributed by atoms with van der Waals surface area (Å²) < 4.78 is 9.94. The molecule has 0 aliphatic rings. The van der Waals surface area contributed by atoms with E-state index >= 15 is 0 Å². The second-order valence-corrected chi connectivity index (χ2v) is 3.69. The molecule has 0 fully saturated rings. The number of halogens is 1. The largest absolute Gasteiger partial charge is 0.458 e. The smallest absolute Gasteiger partial charge is 0.374 e. The molecule has 0 saturated heterocycles. The van der Waals surface area contributed by atoms with Crippen molar-refractivity contribution in [3.63, 3.8) is 0 Å². The quantitative estimate of drug-likeness (QED) is 0.749. The van der Waals surface area contributed by atoms with E-state index in [1.165, 1.54) is 6.26 Å². The third kappa shape index (κ3) is 4.68.